The molecule has 23 heavy (non-hydrogen) atoms. The number of likely N-dealkylation sites (tertiary alicyclic amines) is 1. The van der Waals surface area contributed by atoms with Crippen molar-refractivity contribution >= 4 is 16.2 Å². The fourth-order valence-electron chi connectivity index (χ4n) is 2.26. The van der Waals surface area contributed by atoms with E-state index >= 15 is 0 Å². The molecular weight excluding hydrogens is 332 g/mol. The Hall–Kier alpha value is -1.74. The molecule has 1 aromatic rings. The minimum Gasteiger partial charge on any atom is -0.445 e. The molecule has 1 fully saturated rings. The van der Waals surface area contributed by atoms with E-state index in [0.29, 0.717) is 0 Å². The van der Waals surface area contributed by atoms with Crippen LogP contribution in [0.2, 0.25) is 0 Å². The number of benzene rings is 1. The molecule has 1 aromatic carbocycles. The SMILES string of the molecule is CS(=O)(=O)OCC1CC(F)(F)CN1C(=O)OCc1ccccc1. The van der Waals surface area contributed by atoms with Crippen molar-refractivity contribution in [2.45, 2.75) is 25.0 Å². The summed E-state index contributed by atoms with van der Waals surface area (Å²) in [5.74, 6) is -3.10. The summed E-state index contributed by atoms with van der Waals surface area (Å²) in [4.78, 5) is 12.8. The summed E-state index contributed by atoms with van der Waals surface area (Å²) in [5.41, 5.74) is 0.718. The Labute approximate surface area is 133 Å². The minimum absolute atomic E-state index is 0.0542. The molecule has 128 valence electrons. The zero-order chi connectivity index (χ0) is 17.1. The van der Waals surface area contributed by atoms with Gasteiger partial charge in [-0.1, -0.05) is 30.3 Å². The van der Waals surface area contributed by atoms with E-state index in [0.717, 1.165) is 16.7 Å². The second-order valence-electron chi connectivity index (χ2n) is 5.37. The number of amides is 1. The first-order chi connectivity index (χ1) is 10.7. The molecule has 0 aromatic heterocycles. The molecule has 2 rings (SSSR count). The number of carbonyl (C=O) groups is 1. The number of nitrogens with zero attached hydrogens (tertiary/aromatic N) is 1. The van der Waals surface area contributed by atoms with E-state index in [-0.39, 0.29) is 6.61 Å². The molecule has 1 amide bonds. The van der Waals surface area contributed by atoms with Gasteiger partial charge in [-0.25, -0.2) is 13.6 Å². The van der Waals surface area contributed by atoms with Crippen LogP contribution in [-0.2, 0) is 25.6 Å². The van der Waals surface area contributed by atoms with Gasteiger partial charge in [-0.15, -0.1) is 0 Å². The summed E-state index contributed by atoms with van der Waals surface area (Å²) in [6.07, 6.45) is -0.769. The quantitative estimate of drug-likeness (QED) is 0.761. The summed E-state index contributed by atoms with van der Waals surface area (Å²) in [6, 6.07) is 7.73. The topological polar surface area (TPSA) is 72.9 Å². The molecule has 0 saturated carbocycles. The van der Waals surface area contributed by atoms with Gasteiger partial charge in [-0.2, -0.15) is 8.42 Å². The molecule has 1 heterocycles. The Kier molecular flexibility index (Phi) is 5.20. The van der Waals surface area contributed by atoms with Crippen molar-refractivity contribution in [2.75, 3.05) is 19.4 Å². The van der Waals surface area contributed by atoms with Gasteiger partial charge in [0.15, 0.2) is 0 Å². The van der Waals surface area contributed by atoms with Crippen molar-refractivity contribution in [3.05, 3.63) is 35.9 Å². The van der Waals surface area contributed by atoms with E-state index in [4.69, 9.17) is 4.74 Å². The number of hydrogen-bond donors (Lipinski definition) is 0. The summed E-state index contributed by atoms with van der Waals surface area (Å²) in [5, 5.41) is 0. The molecule has 1 aliphatic heterocycles. The monoisotopic (exact) mass is 349 g/mol. The van der Waals surface area contributed by atoms with Crippen LogP contribution in [0.15, 0.2) is 30.3 Å². The third-order valence-electron chi connectivity index (χ3n) is 3.29. The molecule has 0 aliphatic carbocycles. The highest BCUT2D eigenvalue weighted by atomic mass is 32.2. The van der Waals surface area contributed by atoms with Gasteiger partial charge in [0.2, 0.25) is 0 Å². The van der Waals surface area contributed by atoms with Gasteiger partial charge in [0, 0.05) is 6.42 Å². The smallest absolute Gasteiger partial charge is 0.410 e. The van der Waals surface area contributed by atoms with Crippen LogP contribution >= 0.6 is 0 Å². The van der Waals surface area contributed by atoms with E-state index in [9.17, 15) is 22.0 Å². The van der Waals surface area contributed by atoms with Gasteiger partial charge in [-0.3, -0.25) is 9.08 Å². The van der Waals surface area contributed by atoms with Gasteiger partial charge >= 0.3 is 6.09 Å². The first kappa shape index (κ1) is 17.6. The van der Waals surface area contributed by atoms with E-state index in [2.05, 4.69) is 4.18 Å². The van der Waals surface area contributed by atoms with Crippen molar-refractivity contribution in [1.82, 2.24) is 4.90 Å². The number of halogens is 2. The maximum Gasteiger partial charge on any atom is 0.410 e. The average Bonchev–Trinajstić information content (AvgIpc) is 2.78. The Balaban J connectivity index is 1.97. The molecule has 1 aliphatic rings. The van der Waals surface area contributed by atoms with Crippen LogP contribution in [0.4, 0.5) is 13.6 Å². The highest BCUT2D eigenvalue weighted by molar-refractivity contribution is 7.85. The fourth-order valence-corrected chi connectivity index (χ4v) is 2.67. The maximum absolute atomic E-state index is 13.5. The van der Waals surface area contributed by atoms with Crippen molar-refractivity contribution in [1.29, 1.82) is 0 Å². The maximum atomic E-state index is 13.5. The molecule has 1 atom stereocenters. The first-order valence-corrected chi connectivity index (χ1v) is 8.67. The third kappa shape index (κ3) is 5.43. The Bertz CT molecular complexity index is 650. The molecule has 0 N–H and O–H groups in total. The summed E-state index contributed by atoms with van der Waals surface area (Å²) in [7, 11) is -3.78. The first-order valence-electron chi connectivity index (χ1n) is 6.86. The van der Waals surface area contributed by atoms with Gasteiger partial charge in [0.05, 0.1) is 25.4 Å². The third-order valence-corrected chi connectivity index (χ3v) is 3.86. The van der Waals surface area contributed by atoms with Crippen molar-refractivity contribution in [3.8, 4) is 0 Å². The van der Waals surface area contributed by atoms with Crippen LogP contribution in [0.25, 0.3) is 0 Å². The van der Waals surface area contributed by atoms with Gasteiger partial charge < -0.3 is 4.74 Å². The van der Waals surface area contributed by atoms with Gasteiger partial charge in [-0.05, 0) is 5.56 Å². The van der Waals surface area contributed by atoms with Crippen LogP contribution in [0.5, 0.6) is 0 Å². The molecule has 6 nitrogen and oxygen atoms in total. The highest BCUT2D eigenvalue weighted by Crippen LogP contribution is 2.32. The second-order valence-corrected chi connectivity index (χ2v) is 7.01. The van der Waals surface area contributed by atoms with Gasteiger partial charge in [0.1, 0.15) is 6.61 Å². The molecule has 1 unspecified atom stereocenters. The lowest BCUT2D eigenvalue weighted by molar-refractivity contribution is 0.0100. The number of carbonyl (C=O) groups excluding carboxylic acids is 1. The van der Waals surface area contributed by atoms with Crippen molar-refractivity contribution in [2.24, 2.45) is 0 Å². The predicted octanol–water partition coefficient (Wildman–Crippen LogP) is 2.01. The van der Waals surface area contributed by atoms with E-state index < -0.39 is 47.7 Å². The van der Waals surface area contributed by atoms with Crippen LogP contribution in [-0.4, -0.2) is 50.8 Å². The summed E-state index contributed by atoms with van der Waals surface area (Å²) in [6.45, 7) is -1.39. The molecule has 0 spiro atoms. The summed E-state index contributed by atoms with van der Waals surface area (Å²) < 4.78 is 58.6. The van der Waals surface area contributed by atoms with Gasteiger partial charge in [0.25, 0.3) is 16.0 Å². The average molecular weight is 349 g/mol. The molecule has 9 heteroatoms. The molecule has 0 bridgehead atoms. The van der Waals surface area contributed by atoms with E-state index in [1.165, 1.54) is 0 Å². The zero-order valence-corrected chi connectivity index (χ0v) is 13.3. The second kappa shape index (κ2) is 6.79. The fraction of sp³-hybridized carbons (Fsp3) is 0.500. The largest absolute Gasteiger partial charge is 0.445 e. The van der Waals surface area contributed by atoms with E-state index in [1.54, 1.807) is 30.3 Å². The standard InChI is InChI=1S/C14H17F2NO5S/c1-23(19,20)22-9-12-7-14(15,16)10-17(12)13(18)21-8-11-5-3-2-4-6-11/h2-6,12H,7-10H2,1H3. The summed E-state index contributed by atoms with van der Waals surface area (Å²) >= 11 is 0. The normalized spacial score (nSPS) is 20.5. The van der Waals surface area contributed by atoms with Crippen LogP contribution in [0.3, 0.4) is 0 Å². The Morgan fingerprint density at radius 3 is 2.61 bits per heavy atom. The molecule has 0 radical (unpaired) electrons. The van der Waals surface area contributed by atoms with Crippen molar-refractivity contribution < 1.29 is 30.9 Å². The zero-order valence-electron chi connectivity index (χ0n) is 12.4. The number of hydrogen-bond acceptors (Lipinski definition) is 5. The number of rotatable bonds is 5. The lowest BCUT2D eigenvalue weighted by Crippen LogP contribution is -2.39. The lowest BCUT2D eigenvalue weighted by Gasteiger charge is -2.22. The highest BCUT2D eigenvalue weighted by Gasteiger charge is 2.48. The van der Waals surface area contributed by atoms with E-state index in [1.807, 2.05) is 0 Å². The van der Waals surface area contributed by atoms with Crippen molar-refractivity contribution in [3.63, 3.8) is 0 Å². The molecule has 1 saturated heterocycles. The number of alkyl halides is 2. The predicted molar refractivity (Wildman–Crippen MR) is 77.5 cm³/mol. The Morgan fingerprint density at radius 1 is 1.35 bits per heavy atom. The number of ether oxygens (including phenoxy) is 1. The van der Waals surface area contributed by atoms with Crippen LogP contribution < -0.4 is 0 Å². The molecular formula is C14H17F2NO5S. The minimum atomic E-state index is -3.78. The Morgan fingerprint density at radius 2 is 2.00 bits per heavy atom. The van der Waals surface area contributed by atoms with Crippen LogP contribution in [0, 0.1) is 0 Å². The van der Waals surface area contributed by atoms with Crippen LogP contribution in [0.1, 0.15) is 12.0 Å². The lowest BCUT2D eigenvalue weighted by atomic mass is 10.2.